The summed E-state index contributed by atoms with van der Waals surface area (Å²) in [6.07, 6.45) is 3.42. The van der Waals surface area contributed by atoms with Crippen LogP contribution < -0.4 is 0 Å². The van der Waals surface area contributed by atoms with E-state index in [1.165, 1.54) is 39.0 Å². The van der Waals surface area contributed by atoms with Crippen LogP contribution in [0.2, 0.25) is 0 Å². The van der Waals surface area contributed by atoms with Crippen LogP contribution in [0.4, 0.5) is 0 Å². The predicted octanol–water partition coefficient (Wildman–Crippen LogP) is 5.19. The molecule has 1 aliphatic carbocycles. The van der Waals surface area contributed by atoms with Crippen molar-refractivity contribution in [3.8, 4) is 0 Å². The Bertz CT molecular complexity index is 665. The third kappa shape index (κ3) is 2.17. The molecule has 0 spiro atoms. The second-order valence-electron chi connectivity index (χ2n) is 5.21. The second-order valence-corrected chi connectivity index (χ2v) is 5.77. The lowest BCUT2D eigenvalue weighted by atomic mass is 9.93. The van der Waals surface area contributed by atoms with Crippen LogP contribution in [-0.2, 0) is 11.8 Å². The van der Waals surface area contributed by atoms with E-state index in [4.69, 9.17) is 0 Å². The van der Waals surface area contributed by atoms with Crippen molar-refractivity contribution in [2.45, 2.75) is 25.6 Å². The fraction of sp³-hybridized carbons (Fsp3) is 0.222. The standard InChI is InChI=1S/C18H17Br/c1-12-9-14-7-8-17(18(14)10-13(12)2)16-6-4-3-5-15(16)11-19/h3-6,8-10H,7,11H2,1-2H3. The minimum atomic E-state index is 0.903. The van der Waals surface area contributed by atoms with E-state index in [0.717, 1.165) is 11.8 Å². The summed E-state index contributed by atoms with van der Waals surface area (Å²) >= 11 is 3.59. The summed E-state index contributed by atoms with van der Waals surface area (Å²) in [5.74, 6) is 0. The van der Waals surface area contributed by atoms with Gasteiger partial charge in [-0.15, -0.1) is 0 Å². The Morgan fingerprint density at radius 2 is 1.74 bits per heavy atom. The zero-order valence-electron chi connectivity index (χ0n) is 11.3. The van der Waals surface area contributed by atoms with E-state index < -0.39 is 0 Å². The smallest absolute Gasteiger partial charge is 0.0289 e. The van der Waals surface area contributed by atoms with Crippen molar-refractivity contribution < 1.29 is 0 Å². The van der Waals surface area contributed by atoms with Crippen molar-refractivity contribution in [1.29, 1.82) is 0 Å². The van der Waals surface area contributed by atoms with E-state index in [0.29, 0.717) is 0 Å². The van der Waals surface area contributed by atoms with Crippen LogP contribution in [0, 0.1) is 13.8 Å². The molecule has 0 aromatic heterocycles. The number of hydrogen-bond acceptors (Lipinski definition) is 0. The Balaban J connectivity index is 2.14. The van der Waals surface area contributed by atoms with E-state index in [2.05, 4.69) is 72.3 Å². The highest BCUT2D eigenvalue weighted by Gasteiger charge is 2.18. The minimum Gasteiger partial charge on any atom is -0.0876 e. The maximum atomic E-state index is 3.59. The zero-order chi connectivity index (χ0) is 13.4. The molecule has 3 rings (SSSR count). The first-order valence-electron chi connectivity index (χ1n) is 6.65. The first-order chi connectivity index (χ1) is 9.20. The summed E-state index contributed by atoms with van der Waals surface area (Å²) in [7, 11) is 0. The predicted molar refractivity (Wildman–Crippen MR) is 85.8 cm³/mol. The van der Waals surface area contributed by atoms with E-state index in [1.54, 1.807) is 0 Å². The molecule has 2 aromatic rings. The quantitative estimate of drug-likeness (QED) is 0.670. The fourth-order valence-corrected chi connectivity index (χ4v) is 3.26. The molecule has 0 N–H and O–H groups in total. The summed E-state index contributed by atoms with van der Waals surface area (Å²) in [5.41, 5.74) is 9.76. The van der Waals surface area contributed by atoms with Gasteiger partial charge in [-0.1, -0.05) is 58.4 Å². The monoisotopic (exact) mass is 312 g/mol. The maximum absolute atomic E-state index is 3.59. The average Bonchev–Trinajstić information content (AvgIpc) is 2.82. The number of rotatable bonds is 2. The van der Waals surface area contributed by atoms with Crippen molar-refractivity contribution in [2.24, 2.45) is 0 Å². The van der Waals surface area contributed by atoms with Gasteiger partial charge in [0, 0.05) is 5.33 Å². The van der Waals surface area contributed by atoms with Crippen molar-refractivity contribution in [3.05, 3.63) is 75.9 Å². The summed E-state index contributed by atoms with van der Waals surface area (Å²) < 4.78 is 0. The summed E-state index contributed by atoms with van der Waals surface area (Å²) in [6.45, 7) is 4.39. The normalized spacial score (nSPS) is 13.3. The molecule has 19 heavy (non-hydrogen) atoms. The Labute approximate surface area is 123 Å². The molecule has 1 aliphatic rings. The summed E-state index contributed by atoms with van der Waals surface area (Å²) in [6, 6.07) is 13.3. The van der Waals surface area contributed by atoms with Crippen LogP contribution in [0.25, 0.3) is 5.57 Å². The van der Waals surface area contributed by atoms with Crippen LogP contribution in [0.3, 0.4) is 0 Å². The molecule has 0 bridgehead atoms. The van der Waals surface area contributed by atoms with Crippen LogP contribution in [0.15, 0.2) is 42.5 Å². The summed E-state index contributed by atoms with van der Waals surface area (Å²) in [4.78, 5) is 0. The van der Waals surface area contributed by atoms with Crippen molar-refractivity contribution >= 4 is 21.5 Å². The van der Waals surface area contributed by atoms with Crippen molar-refractivity contribution in [2.75, 3.05) is 0 Å². The van der Waals surface area contributed by atoms with Crippen molar-refractivity contribution in [1.82, 2.24) is 0 Å². The van der Waals surface area contributed by atoms with Gasteiger partial charge in [0.15, 0.2) is 0 Å². The molecule has 0 unspecified atom stereocenters. The number of allylic oxidation sites excluding steroid dienone is 1. The van der Waals surface area contributed by atoms with Crippen LogP contribution in [0.1, 0.15) is 33.4 Å². The second kappa shape index (κ2) is 4.97. The van der Waals surface area contributed by atoms with Gasteiger partial charge in [0.1, 0.15) is 0 Å². The third-order valence-corrected chi connectivity index (χ3v) is 4.59. The van der Waals surface area contributed by atoms with Gasteiger partial charge in [-0.25, -0.2) is 0 Å². The van der Waals surface area contributed by atoms with Crippen LogP contribution in [-0.4, -0.2) is 0 Å². The Hall–Kier alpha value is -1.34. The Kier molecular flexibility index (Phi) is 3.32. The molecule has 0 aliphatic heterocycles. The molecule has 0 fully saturated rings. The highest BCUT2D eigenvalue weighted by Crippen LogP contribution is 2.36. The van der Waals surface area contributed by atoms with E-state index >= 15 is 0 Å². The Morgan fingerprint density at radius 1 is 1.00 bits per heavy atom. The molecule has 2 aromatic carbocycles. The van der Waals surface area contributed by atoms with Gasteiger partial charge in [0.25, 0.3) is 0 Å². The highest BCUT2D eigenvalue weighted by atomic mass is 79.9. The van der Waals surface area contributed by atoms with Crippen LogP contribution >= 0.6 is 15.9 Å². The molecule has 0 nitrogen and oxygen atoms in total. The number of benzene rings is 2. The molecule has 0 radical (unpaired) electrons. The van der Waals surface area contributed by atoms with E-state index in [-0.39, 0.29) is 0 Å². The van der Waals surface area contributed by atoms with Gasteiger partial charge in [0.2, 0.25) is 0 Å². The largest absolute Gasteiger partial charge is 0.0876 e. The molecule has 0 saturated heterocycles. The lowest BCUT2D eigenvalue weighted by molar-refractivity contribution is 1.24. The topological polar surface area (TPSA) is 0 Å². The lowest BCUT2D eigenvalue weighted by Gasteiger charge is -2.12. The SMILES string of the molecule is Cc1cc2c(cc1C)C(c1ccccc1CBr)=CC2. The minimum absolute atomic E-state index is 0.903. The first kappa shape index (κ1) is 12.7. The van der Waals surface area contributed by atoms with Gasteiger partial charge < -0.3 is 0 Å². The maximum Gasteiger partial charge on any atom is 0.0289 e. The van der Waals surface area contributed by atoms with Crippen molar-refractivity contribution in [3.63, 3.8) is 0 Å². The number of alkyl halides is 1. The van der Waals surface area contributed by atoms with E-state index in [9.17, 15) is 0 Å². The average molecular weight is 313 g/mol. The number of halogens is 1. The Morgan fingerprint density at radius 3 is 2.53 bits per heavy atom. The number of aryl methyl sites for hydroxylation is 2. The summed E-state index contributed by atoms with van der Waals surface area (Å²) in [5, 5.41) is 0.903. The molecule has 0 amide bonds. The molecular weight excluding hydrogens is 296 g/mol. The van der Waals surface area contributed by atoms with Gasteiger partial charge >= 0.3 is 0 Å². The molecular formula is C18H17Br. The van der Waals surface area contributed by atoms with Crippen LogP contribution in [0.5, 0.6) is 0 Å². The van der Waals surface area contributed by atoms with Gasteiger partial charge in [-0.3, -0.25) is 0 Å². The third-order valence-electron chi connectivity index (χ3n) is 3.99. The van der Waals surface area contributed by atoms with E-state index in [1.807, 2.05) is 0 Å². The van der Waals surface area contributed by atoms with Gasteiger partial charge in [0.05, 0.1) is 0 Å². The number of hydrogen-bond donors (Lipinski definition) is 0. The van der Waals surface area contributed by atoms with Gasteiger partial charge in [-0.2, -0.15) is 0 Å². The molecule has 0 heterocycles. The molecule has 0 saturated carbocycles. The lowest BCUT2D eigenvalue weighted by Crippen LogP contribution is -1.94. The van der Waals surface area contributed by atoms with Gasteiger partial charge in [-0.05, 0) is 59.2 Å². The fourth-order valence-electron chi connectivity index (χ4n) is 2.77. The first-order valence-corrected chi connectivity index (χ1v) is 7.77. The zero-order valence-corrected chi connectivity index (χ0v) is 12.9. The molecule has 1 heteroatoms. The highest BCUT2D eigenvalue weighted by molar-refractivity contribution is 9.08. The number of fused-ring (bicyclic) bond motifs is 1. The molecule has 96 valence electrons. The molecule has 0 atom stereocenters.